The minimum Gasteiger partial charge on any atom is -0.396 e. The third kappa shape index (κ3) is 3.05. The standard InChI is InChI=1S/C14H21N3O2/c1-16(8-4-2-6-10-18)14-12(11-19)17-9-5-3-7-13(17)15-14/h3,5,7,9,18-19H,2,4,6,8,10-11H2,1H3. The third-order valence-corrected chi connectivity index (χ3v) is 3.27. The molecule has 0 aliphatic carbocycles. The minimum atomic E-state index is -0.0263. The number of fused-ring (bicyclic) bond motifs is 1. The molecular formula is C14H21N3O2. The Morgan fingerprint density at radius 1 is 1.21 bits per heavy atom. The van der Waals surface area contributed by atoms with Crippen LogP contribution in [0.4, 0.5) is 5.82 Å². The van der Waals surface area contributed by atoms with Crippen LogP contribution in [-0.2, 0) is 6.61 Å². The Morgan fingerprint density at radius 3 is 2.79 bits per heavy atom. The zero-order chi connectivity index (χ0) is 13.7. The molecule has 19 heavy (non-hydrogen) atoms. The number of aliphatic hydroxyl groups is 2. The van der Waals surface area contributed by atoms with E-state index in [9.17, 15) is 5.11 Å². The van der Waals surface area contributed by atoms with Crippen LogP contribution in [0.5, 0.6) is 0 Å². The van der Waals surface area contributed by atoms with Crippen molar-refractivity contribution < 1.29 is 10.2 Å². The van der Waals surface area contributed by atoms with E-state index in [4.69, 9.17) is 5.11 Å². The van der Waals surface area contributed by atoms with E-state index >= 15 is 0 Å². The van der Waals surface area contributed by atoms with Crippen LogP contribution in [-0.4, -0.2) is 39.8 Å². The molecule has 0 saturated heterocycles. The minimum absolute atomic E-state index is 0.0263. The summed E-state index contributed by atoms with van der Waals surface area (Å²) in [6.45, 7) is 1.10. The van der Waals surface area contributed by atoms with Crippen molar-refractivity contribution in [2.75, 3.05) is 25.1 Å². The second kappa shape index (κ2) is 6.54. The number of aromatic nitrogens is 2. The fraction of sp³-hybridized carbons (Fsp3) is 0.500. The Hall–Kier alpha value is -1.59. The zero-order valence-electron chi connectivity index (χ0n) is 11.3. The summed E-state index contributed by atoms with van der Waals surface area (Å²) in [6, 6.07) is 5.80. The average molecular weight is 263 g/mol. The Bertz CT molecular complexity index is 524. The van der Waals surface area contributed by atoms with Gasteiger partial charge in [-0.1, -0.05) is 6.07 Å². The lowest BCUT2D eigenvalue weighted by Gasteiger charge is -2.17. The molecule has 0 unspecified atom stereocenters. The van der Waals surface area contributed by atoms with Crippen LogP contribution < -0.4 is 4.90 Å². The first kappa shape index (κ1) is 13.8. The number of rotatable bonds is 7. The van der Waals surface area contributed by atoms with Crippen molar-refractivity contribution in [2.45, 2.75) is 25.9 Å². The van der Waals surface area contributed by atoms with Gasteiger partial charge in [0.2, 0.25) is 0 Å². The molecule has 0 atom stereocenters. The highest BCUT2D eigenvalue weighted by atomic mass is 16.3. The van der Waals surface area contributed by atoms with Gasteiger partial charge in [0.15, 0.2) is 5.82 Å². The van der Waals surface area contributed by atoms with E-state index in [1.807, 2.05) is 35.8 Å². The van der Waals surface area contributed by atoms with Crippen molar-refractivity contribution in [2.24, 2.45) is 0 Å². The molecule has 0 spiro atoms. The van der Waals surface area contributed by atoms with Crippen molar-refractivity contribution in [3.8, 4) is 0 Å². The van der Waals surface area contributed by atoms with Crippen LogP contribution in [0.15, 0.2) is 24.4 Å². The van der Waals surface area contributed by atoms with Gasteiger partial charge in [0.1, 0.15) is 5.65 Å². The number of aliphatic hydroxyl groups excluding tert-OH is 2. The molecule has 104 valence electrons. The number of pyridine rings is 1. The maximum atomic E-state index is 9.54. The molecule has 0 fully saturated rings. The van der Waals surface area contributed by atoms with Crippen LogP contribution >= 0.6 is 0 Å². The first-order valence-corrected chi connectivity index (χ1v) is 6.66. The zero-order valence-corrected chi connectivity index (χ0v) is 11.3. The lowest BCUT2D eigenvalue weighted by atomic mass is 10.2. The van der Waals surface area contributed by atoms with Crippen LogP contribution in [0.3, 0.4) is 0 Å². The van der Waals surface area contributed by atoms with Crippen LogP contribution in [0.2, 0.25) is 0 Å². The summed E-state index contributed by atoms with van der Waals surface area (Å²) < 4.78 is 1.92. The van der Waals surface area contributed by atoms with Gasteiger partial charge < -0.3 is 15.1 Å². The molecule has 0 aliphatic heterocycles. The van der Waals surface area contributed by atoms with E-state index in [1.54, 1.807) is 0 Å². The van der Waals surface area contributed by atoms with Crippen molar-refractivity contribution in [3.05, 3.63) is 30.1 Å². The van der Waals surface area contributed by atoms with Crippen LogP contribution in [0.25, 0.3) is 5.65 Å². The summed E-state index contributed by atoms with van der Waals surface area (Å²) in [5.74, 6) is 0.831. The van der Waals surface area contributed by atoms with Gasteiger partial charge in [0.05, 0.1) is 12.3 Å². The maximum Gasteiger partial charge on any atom is 0.153 e. The Labute approximate surface area is 113 Å². The van der Waals surface area contributed by atoms with Crippen molar-refractivity contribution in [1.29, 1.82) is 0 Å². The number of anilines is 1. The Morgan fingerprint density at radius 2 is 2.05 bits per heavy atom. The molecule has 2 rings (SSSR count). The van der Waals surface area contributed by atoms with Crippen molar-refractivity contribution >= 4 is 11.5 Å². The molecule has 0 aromatic carbocycles. The summed E-state index contributed by atoms with van der Waals surface area (Å²) in [6.07, 6.45) is 4.77. The van der Waals surface area contributed by atoms with Gasteiger partial charge in [-0.2, -0.15) is 0 Å². The summed E-state index contributed by atoms with van der Waals surface area (Å²) in [7, 11) is 1.99. The predicted molar refractivity (Wildman–Crippen MR) is 75.3 cm³/mol. The van der Waals surface area contributed by atoms with Gasteiger partial charge in [-0.15, -0.1) is 0 Å². The number of nitrogens with zero attached hydrogens (tertiary/aromatic N) is 3. The fourth-order valence-electron chi connectivity index (χ4n) is 2.23. The number of hydrogen-bond donors (Lipinski definition) is 2. The van der Waals surface area contributed by atoms with Gasteiger partial charge in [-0.3, -0.25) is 4.40 Å². The fourth-order valence-corrected chi connectivity index (χ4v) is 2.23. The SMILES string of the molecule is CN(CCCCCO)c1nc2ccccn2c1CO. The van der Waals surface area contributed by atoms with Crippen LogP contribution in [0.1, 0.15) is 25.0 Å². The van der Waals surface area contributed by atoms with Crippen molar-refractivity contribution in [3.63, 3.8) is 0 Å². The Kier molecular flexibility index (Phi) is 4.76. The number of imidazole rings is 1. The predicted octanol–water partition coefficient (Wildman–Crippen LogP) is 1.43. The quantitative estimate of drug-likeness (QED) is 0.742. The molecule has 5 nitrogen and oxygen atoms in total. The molecule has 0 bridgehead atoms. The summed E-state index contributed by atoms with van der Waals surface area (Å²) in [5.41, 5.74) is 1.67. The number of hydrogen-bond acceptors (Lipinski definition) is 4. The number of unbranched alkanes of at least 4 members (excludes halogenated alkanes) is 2. The van der Waals surface area contributed by atoms with E-state index in [0.717, 1.165) is 43.0 Å². The van der Waals surface area contributed by atoms with Crippen LogP contribution in [0, 0.1) is 0 Å². The summed E-state index contributed by atoms with van der Waals surface area (Å²) >= 11 is 0. The van der Waals surface area contributed by atoms with E-state index in [1.165, 1.54) is 0 Å². The van der Waals surface area contributed by atoms with Gasteiger partial charge in [-0.05, 0) is 31.4 Å². The van der Waals surface area contributed by atoms with E-state index in [-0.39, 0.29) is 13.2 Å². The van der Waals surface area contributed by atoms with E-state index in [2.05, 4.69) is 9.88 Å². The van der Waals surface area contributed by atoms with Gasteiger partial charge in [0, 0.05) is 26.4 Å². The second-order valence-electron chi connectivity index (χ2n) is 4.67. The van der Waals surface area contributed by atoms with E-state index < -0.39 is 0 Å². The first-order valence-electron chi connectivity index (χ1n) is 6.66. The highest BCUT2D eigenvalue weighted by Gasteiger charge is 2.14. The van der Waals surface area contributed by atoms with Crippen molar-refractivity contribution in [1.82, 2.24) is 9.38 Å². The average Bonchev–Trinajstić information content (AvgIpc) is 2.82. The lowest BCUT2D eigenvalue weighted by molar-refractivity contribution is 0.276. The van der Waals surface area contributed by atoms with Gasteiger partial charge in [-0.25, -0.2) is 4.98 Å². The molecule has 0 radical (unpaired) electrons. The molecule has 0 saturated carbocycles. The van der Waals surface area contributed by atoms with Gasteiger partial charge in [0.25, 0.3) is 0 Å². The smallest absolute Gasteiger partial charge is 0.153 e. The summed E-state index contributed by atoms with van der Waals surface area (Å²) in [4.78, 5) is 6.63. The second-order valence-corrected chi connectivity index (χ2v) is 4.67. The molecule has 2 N–H and O–H groups in total. The molecular weight excluding hydrogens is 242 g/mol. The molecule has 2 heterocycles. The molecule has 0 aliphatic rings. The van der Waals surface area contributed by atoms with E-state index in [0.29, 0.717) is 0 Å². The normalized spacial score (nSPS) is 11.1. The Balaban J connectivity index is 2.14. The third-order valence-electron chi connectivity index (χ3n) is 3.27. The highest BCUT2D eigenvalue weighted by Crippen LogP contribution is 2.21. The largest absolute Gasteiger partial charge is 0.396 e. The molecule has 2 aromatic heterocycles. The molecule has 0 amide bonds. The first-order chi connectivity index (χ1) is 9.27. The topological polar surface area (TPSA) is 61.0 Å². The molecule has 5 heteroatoms. The maximum absolute atomic E-state index is 9.54. The lowest BCUT2D eigenvalue weighted by Crippen LogP contribution is -2.20. The summed E-state index contributed by atoms with van der Waals surface area (Å²) in [5, 5.41) is 18.3. The molecule has 2 aromatic rings. The monoisotopic (exact) mass is 263 g/mol. The highest BCUT2D eigenvalue weighted by molar-refractivity contribution is 5.55. The van der Waals surface area contributed by atoms with Gasteiger partial charge >= 0.3 is 0 Å².